The molecule has 1 aliphatic heterocycles. The number of sulfonamides is 1. The van der Waals surface area contributed by atoms with Crippen molar-refractivity contribution >= 4 is 49.9 Å². The lowest BCUT2D eigenvalue weighted by Gasteiger charge is -2.18. The topological polar surface area (TPSA) is 70.5 Å². The summed E-state index contributed by atoms with van der Waals surface area (Å²) in [4.78, 5) is 4.64. The van der Waals surface area contributed by atoms with Crippen LogP contribution in [0.25, 0.3) is 10.9 Å². The van der Waals surface area contributed by atoms with Crippen LogP contribution >= 0.6 is 23.2 Å². The van der Waals surface area contributed by atoms with E-state index in [4.69, 9.17) is 28.3 Å². The van der Waals surface area contributed by atoms with Crippen molar-refractivity contribution in [2.24, 2.45) is 0 Å². The molecule has 0 spiro atoms. The molecule has 1 fully saturated rings. The van der Waals surface area contributed by atoms with Gasteiger partial charge in [-0.3, -0.25) is 9.58 Å². The largest absolute Gasteiger partial charge is 0.355 e. The Morgan fingerprint density at radius 1 is 0.974 bits per heavy atom. The normalized spacial score (nSPS) is 16.3. The van der Waals surface area contributed by atoms with E-state index in [-0.39, 0.29) is 10.9 Å². The Balaban J connectivity index is 1.42. The fraction of sp³-hybridized carbons (Fsp3) is 0.345. The van der Waals surface area contributed by atoms with Gasteiger partial charge in [0.25, 0.3) is 0 Å². The molecular weight excluding hydrogens is 553 g/mol. The summed E-state index contributed by atoms with van der Waals surface area (Å²) in [6.45, 7) is 8.31. The fourth-order valence-electron chi connectivity index (χ4n) is 5.22. The molecule has 1 aromatic heterocycles. The maximum atomic E-state index is 13.5. The summed E-state index contributed by atoms with van der Waals surface area (Å²) >= 11 is 12.9. The van der Waals surface area contributed by atoms with Crippen LogP contribution in [0.4, 0.5) is 5.82 Å². The number of aromatic nitrogens is 2. The Morgan fingerprint density at radius 3 is 2.38 bits per heavy atom. The Kier molecular flexibility index (Phi) is 8.49. The van der Waals surface area contributed by atoms with Crippen LogP contribution in [0.3, 0.4) is 0 Å². The SMILES string of the molecule is CCN(CC)c1nn(Cc2c(Cl)cccc2Cl)c2ccc(S(=O)(=O)NC3CCN(Cc4ccccc4)C3)cc12. The molecule has 39 heavy (non-hydrogen) atoms. The van der Waals surface area contributed by atoms with Gasteiger partial charge in [-0.2, -0.15) is 5.10 Å². The lowest BCUT2D eigenvalue weighted by Crippen LogP contribution is -2.36. The average molecular weight is 587 g/mol. The maximum Gasteiger partial charge on any atom is 0.240 e. The van der Waals surface area contributed by atoms with E-state index in [1.807, 2.05) is 35.0 Å². The van der Waals surface area contributed by atoms with Crippen molar-refractivity contribution in [3.63, 3.8) is 0 Å². The van der Waals surface area contributed by atoms with Gasteiger partial charge >= 0.3 is 0 Å². The molecule has 206 valence electrons. The molecule has 1 atom stereocenters. The van der Waals surface area contributed by atoms with Gasteiger partial charge in [-0.1, -0.05) is 59.6 Å². The second-order valence-corrected chi connectivity index (χ2v) is 12.4. The highest BCUT2D eigenvalue weighted by atomic mass is 35.5. The third kappa shape index (κ3) is 6.10. The van der Waals surface area contributed by atoms with Crippen LogP contribution in [0.2, 0.25) is 10.0 Å². The molecule has 7 nitrogen and oxygen atoms in total. The first kappa shape index (κ1) is 27.9. The first-order valence-corrected chi connectivity index (χ1v) is 15.5. The number of nitrogens with zero attached hydrogens (tertiary/aromatic N) is 4. The molecule has 0 radical (unpaired) electrons. The second-order valence-electron chi connectivity index (χ2n) is 9.86. The van der Waals surface area contributed by atoms with Gasteiger partial charge in [-0.05, 0) is 56.2 Å². The van der Waals surface area contributed by atoms with Crippen molar-refractivity contribution in [1.82, 2.24) is 19.4 Å². The zero-order chi connectivity index (χ0) is 27.6. The Bertz CT molecular complexity index is 1530. The molecule has 10 heteroatoms. The molecule has 3 aromatic carbocycles. The van der Waals surface area contributed by atoms with Gasteiger partial charge in [0.2, 0.25) is 10.0 Å². The number of halogens is 2. The number of hydrogen-bond acceptors (Lipinski definition) is 5. The highest BCUT2D eigenvalue weighted by Gasteiger charge is 2.28. The molecule has 1 saturated heterocycles. The number of benzene rings is 3. The average Bonchev–Trinajstić information content (AvgIpc) is 3.51. The Labute approximate surface area is 240 Å². The standard InChI is InChI=1S/C29H33Cl2N5O2S/c1-3-35(4-2)29-24-17-23(13-14-28(24)36(32-29)20-25-26(30)11-8-12-27(25)31)39(37,38)33-22-15-16-34(19-22)18-21-9-6-5-7-10-21/h5-14,17,22,33H,3-4,15-16,18-20H2,1-2H3. The van der Waals surface area contributed by atoms with Crippen molar-refractivity contribution < 1.29 is 8.42 Å². The molecule has 1 unspecified atom stereocenters. The van der Waals surface area contributed by atoms with Crippen molar-refractivity contribution in [3.05, 3.63) is 87.9 Å². The van der Waals surface area contributed by atoms with Gasteiger partial charge in [-0.25, -0.2) is 13.1 Å². The van der Waals surface area contributed by atoms with E-state index in [1.165, 1.54) is 5.56 Å². The number of rotatable bonds is 10. The Hall–Kier alpha value is -2.62. The van der Waals surface area contributed by atoms with Crippen molar-refractivity contribution in [2.45, 2.75) is 44.3 Å². The van der Waals surface area contributed by atoms with Crippen LogP contribution in [0.15, 0.2) is 71.6 Å². The predicted molar refractivity (Wildman–Crippen MR) is 159 cm³/mol. The lowest BCUT2D eigenvalue weighted by atomic mass is 10.2. The van der Waals surface area contributed by atoms with E-state index in [0.29, 0.717) is 23.1 Å². The van der Waals surface area contributed by atoms with Crippen molar-refractivity contribution in [1.29, 1.82) is 0 Å². The van der Waals surface area contributed by atoms with E-state index < -0.39 is 10.0 Å². The lowest BCUT2D eigenvalue weighted by molar-refractivity contribution is 0.324. The molecule has 4 aromatic rings. The van der Waals surface area contributed by atoms with Crippen LogP contribution in [0.1, 0.15) is 31.4 Å². The summed E-state index contributed by atoms with van der Waals surface area (Å²) in [7, 11) is -3.72. The van der Waals surface area contributed by atoms with E-state index in [2.05, 4.69) is 40.5 Å². The zero-order valence-corrected chi connectivity index (χ0v) is 24.5. The van der Waals surface area contributed by atoms with Gasteiger partial charge in [-0.15, -0.1) is 0 Å². The fourth-order valence-corrected chi connectivity index (χ4v) is 7.02. The zero-order valence-electron chi connectivity index (χ0n) is 22.1. The minimum atomic E-state index is -3.72. The smallest absolute Gasteiger partial charge is 0.240 e. The summed E-state index contributed by atoms with van der Waals surface area (Å²) in [6.07, 6.45) is 0.773. The third-order valence-electron chi connectivity index (χ3n) is 7.29. The summed E-state index contributed by atoms with van der Waals surface area (Å²) in [5.41, 5.74) is 2.82. The summed E-state index contributed by atoms with van der Waals surface area (Å²) in [5.74, 6) is 0.741. The van der Waals surface area contributed by atoms with Gasteiger partial charge in [0.05, 0.1) is 17.0 Å². The van der Waals surface area contributed by atoms with Crippen LogP contribution in [0.5, 0.6) is 0 Å². The van der Waals surface area contributed by atoms with Gasteiger partial charge in [0.15, 0.2) is 5.82 Å². The summed E-state index contributed by atoms with van der Waals surface area (Å²) in [5, 5.41) is 6.80. The van der Waals surface area contributed by atoms with Crippen molar-refractivity contribution in [2.75, 3.05) is 31.1 Å². The molecule has 0 saturated carbocycles. The highest BCUT2D eigenvalue weighted by molar-refractivity contribution is 7.89. The van der Waals surface area contributed by atoms with Crippen LogP contribution in [-0.2, 0) is 23.1 Å². The Morgan fingerprint density at radius 2 is 1.69 bits per heavy atom. The number of hydrogen-bond donors (Lipinski definition) is 1. The molecule has 1 N–H and O–H groups in total. The number of likely N-dealkylation sites (tertiary alicyclic amines) is 1. The van der Waals surface area contributed by atoms with Gasteiger partial charge < -0.3 is 4.90 Å². The second kappa shape index (κ2) is 11.9. The summed E-state index contributed by atoms with van der Waals surface area (Å²) in [6, 6.07) is 20.7. The van der Waals surface area contributed by atoms with Gasteiger partial charge in [0.1, 0.15) is 0 Å². The highest BCUT2D eigenvalue weighted by Crippen LogP contribution is 2.32. The third-order valence-corrected chi connectivity index (χ3v) is 9.51. The molecule has 0 bridgehead atoms. The number of anilines is 1. The first-order valence-electron chi connectivity index (χ1n) is 13.3. The molecule has 2 heterocycles. The van der Waals surface area contributed by atoms with E-state index in [0.717, 1.165) is 54.9 Å². The van der Waals surface area contributed by atoms with Crippen LogP contribution in [0, 0.1) is 0 Å². The molecule has 0 amide bonds. The van der Waals surface area contributed by atoms with Crippen LogP contribution in [-0.4, -0.2) is 55.3 Å². The van der Waals surface area contributed by atoms with Crippen LogP contribution < -0.4 is 9.62 Å². The van der Waals surface area contributed by atoms with Gasteiger partial charge in [0, 0.05) is 59.8 Å². The minimum absolute atomic E-state index is 0.137. The minimum Gasteiger partial charge on any atom is -0.355 e. The molecular formula is C29H33Cl2N5O2S. The van der Waals surface area contributed by atoms with Crippen molar-refractivity contribution in [3.8, 4) is 0 Å². The van der Waals surface area contributed by atoms with E-state index in [9.17, 15) is 8.42 Å². The molecule has 0 aliphatic carbocycles. The van der Waals surface area contributed by atoms with E-state index >= 15 is 0 Å². The number of fused-ring (bicyclic) bond motifs is 1. The monoisotopic (exact) mass is 585 g/mol. The molecule has 1 aliphatic rings. The predicted octanol–water partition coefficient (Wildman–Crippen LogP) is 5.79. The quantitative estimate of drug-likeness (QED) is 0.255. The number of nitrogens with one attached hydrogen (secondary N) is 1. The maximum absolute atomic E-state index is 13.5. The summed E-state index contributed by atoms with van der Waals surface area (Å²) < 4.78 is 31.8. The molecule has 5 rings (SSSR count). The van der Waals surface area contributed by atoms with E-state index in [1.54, 1.807) is 24.3 Å². The first-order chi connectivity index (χ1) is 18.8.